The van der Waals surface area contributed by atoms with Crippen molar-refractivity contribution in [2.75, 3.05) is 32.1 Å². The molecule has 0 bridgehead atoms. The molecule has 1 aliphatic rings. The first-order valence-corrected chi connectivity index (χ1v) is 8.48. The van der Waals surface area contributed by atoms with Crippen molar-refractivity contribution in [3.63, 3.8) is 0 Å². The molecule has 1 fully saturated rings. The van der Waals surface area contributed by atoms with Crippen LogP contribution in [0.4, 0.5) is 10.5 Å². The highest BCUT2D eigenvalue weighted by Gasteiger charge is 2.23. The Kier molecular flexibility index (Phi) is 6.90. The molecule has 1 aliphatic heterocycles. The number of methoxy groups -OCH3 is 1. The summed E-state index contributed by atoms with van der Waals surface area (Å²) in [6.07, 6.45) is 2.94. The van der Waals surface area contributed by atoms with E-state index in [1.54, 1.807) is 18.1 Å². The van der Waals surface area contributed by atoms with Crippen molar-refractivity contribution in [2.24, 2.45) is 5.92 Å². The van der Waals surface area contributed by atoms with Gasteiger partial charge in [0.15, 0.2) is 0 Å². The fourth-order valence-corrected chi connectivity index (χ4v) is 2.88. The number of rotatable bonds is 6. The van der Waals surface area contributed by atoms with Crippen molar-refractivity contribution in [3.05, 3.63) is 24.3 Å². The molecule has 1 N–H and O–H groups in total. The van der Waals surface area contributed by atoms with E-state index in [-0.39, 0.29) is 12.0 Å². The van der Waals surface area contributed by atoms with Crippen LogP contribution in [0.3, 0.4) is 0 Å². The lowest BCUT2D eigenvalue weighted by Gasteiger charge is -2.31. The Balaban J connectivity index is 1.70. The molecule has 0 unspecified atom stereocenters. The van der Waals surface area contributed by atoms with Gasteiger partial charge in [-0.25, -0.2) is 4.79 Å². The van der Waals surface area contributed by atoms with Gasteiger partial charge >= 0.3 is 6.09 Å². The number of piperidine rings is 1. The average molecular weight is 334 g/mol. The van der Waals surface area contributed by atoms with E-state index in [2.05, 4.69) is 5.32 Å². The van der Waals surface area contributed by atoms with Crippen LogP contribution in [0.25, 0.3) is 0 Å². The molecule has 0 aromatic heterocycles. The Labute approximate surface area is 143 Å². The molecule has 1 aromatic carbocycles. The second kappa shape index (κ2) is 9.15. The molecule has 1 aromatic rings. The standard InChI is InChI=1S/C18H26N2O4/c1-3-24-18(22)20-11-9-14(10-12-20)7-8-17(21)19-15-5-4-6-16(13-15)23-2/h4-6,13-14H,3,7-12H2,1-2H3,(H,19,21). The van der Waals surface area contributed by atoms with Crippen LogP contribution in [0.15, 0.2) is 24.3 Å². The minimum Gasteiger partial charge on any atom is -0.497 e. The minimum atomic E-state index is -0.230. The van der Waals surface area contributed by atoms with Crippen molar-refractivity contribution in [2.45, 2.75) is 32.6 Å². The smallest absolute Gasteiger partial charge is 0.409 e. The second-order valence-corrected chi connectivity index (χ2v) is 5.95. The Morgan fingerprint density at radius 1 is 1.29 bits per heavy atom. The van der Waals surface area contributed by atoms with Crippen LogP contribution in [0, 0.1) is 5.92 Å². The van der Waals surface area contributed by atoms with Gasteiger partial charge in [-0.05, 0) is 44.2 Å². The van der Waals surface area contributed by atoms with Crippen molar-refractivity contribution >= 4 is 17.7 Å². The van der Waals surface area contributed by atoms with Crippen LogP contribution < -0.4 is 10.1 Å². The summed E-state index contributed by atoms with van der Waals surface area (Å²) >= 11 is 0. The number of ether oxygens (including phenoxy) is 2. The second-order valence-electron chi connectivity index (χ2n) is 5.95. The van der Waals surface area contributed by atoms with Gasteiger partial charge < -0.3 is 19.7 Å². The predicted molar refractivity (Wildman–Crippen MR) is 92.2 cm³/mol. The van der Waals surface area contributed by atoms with Gasteiger partial charge in [0, 0.05) is 31.3 Å². The third kappa shape index (κ3) is 5.44. The summed E-state index contributed by atoms with van der Waals surface area (Å²) in [5.74, 6) is 1.21. The van der Waals surface area contributed by atoms with Gasteiger partial charge in [0.05, 0.1) is 13.7 Å². The van der Waals surface area contributed by atoms with Gasteiger partial charge in [0.1, 0.15) is 5.75 Å². The zero-order valence-electron chi connectivity index (χ0n) is 14.4. The van der Waals surface area contributed by atoms with Crippen molar-refractivity contribution in [1.82, 2.24) is 4.90 Å². The van der Waals surface area contributed by atoms with Gasteiger partial charge in [0.2, 0.25) is 5.91 Å². The van der Waals surface area contributed by atoms with Crippen molar-refractivity contribution in [1.29, 1.82) is 0 Å². The first-order chi connectivity index (χ1) is 11.6. The van der Waals surface area contributed by atoms with Crippen LogP contribution in [0.5, 0.6) is 5.75 Å². The highest BCUT2D eigenvalue weighted by atomic mass is 16.6. The maximum Gasteiger partial charge on any atom is 0.409 e. The molecule has 1 heterocycles. The van der Waals surface area contributed by atoms with E-state index in [1.165, 1.54) is 0 Å². The summed E-state index contributed by atoms with van der Waals surface area (Å²) in [7, 11) is 1.60. The zero-order chi connectivity index (χ0) is 17.4. The number of likely N-dealkylation sites (tertiary alicyclic amines) is 1. The molecule has 2 amide bonds. The lowest BCUT2D eigenvalue weighted by atomic mass is 9.92. The zero-order valence-corrected chi connectivity index (χ0v) is 14.4. The lowest BCUT2D eigenvalue weighted by molar-refractivity contribution is -0.116. The molecule has 0 saturated carbocycles. The predicted octanol–water partition coefficient (Wildman–Crippen LogP) is 3.28. The van der Waals surface area contributed by atoms with Gasteiger partial charge in [0.25, 0.3) is 0 Å². The van der Waals surface area contributed by atoms with Gasteiger partial charge in [-0.3, -0.25) is 4.79 Å². The molecule has 24 heavy (non-hydrogen) atoms. The Hall–Kier alpha value is -2.24. The molecule has 0 radical (unpaired) electrons. The fraction of sp³-hybridized carbons (Fsp3) is 0.556. The summed E-state index contributed by atoms with van der Waals surface area (Å²) < 4.78 is 10.2. The van der Waals surface area contributed by atoms with E-state index in [9.17, 15) is 9.59 Å². The number of hydrogen-bond acceptors (Lipinski definition) is 4. The molecule has 6 nitrogen and oxygen atoms in total. The molecule has 0 atom stereocenters. The monoisotopic (exact) mass is 334 g/mol. The topological polar surface area (TPSA) is 67.9 Å². The third-order valence-electron chi connectivity index (χ3n) is 4.27. The van der Waals surface area contributed by atoms with Crippen LogP contribution in [-0.2, 0) is 9.53 Å². The van der Waals surface area contributed by atoms with E-state index >= 15 is 0 Å². The summed E-state index contributed by atoms with van der Waals surface area (Å²) in [6.45, 7) is 3.64. The quantitative estimate of drug-likeness (QED) is 0.867. The number of hydrogen-bond donors (Lipinski definition) is 1. The summed E-state index contributed by atoms with van der Waals surface area (Å²) in [5, 5.41) is 2.90. The van der Waals surface area contributed by atoms with E-state index in [0.29, 0.717) is 32.0 Å². The number of anilines is 1. The molecule has 132 valence electrons. The first kappa shape index (κ1) is 18.1. The van der Waals surface area contributed by atoms with Gasteiger partial charge in [-0.15, -0.1) is 0 Å². The maximum absolute atomic E-state index is 12.1. The maximum atomic E-state index is 12.1. The number of nitrogens with one attached hydrogen (secondary N) is 1. The van der Waals surface area contributed by atoms with Gasteiger partial charge in [-0.2, -0.15) is 0 Å². The van der Waals surface area contributed by atoms with Crippen LogP contribution in [0.1, 0.15) is 32.6 Å². The van der Waals surface area contributed by atoms with Crippen LogP contribution in [-0.4, -0.2) is 43.7 Å². The number of nitrogens with zero attached hydrogens (tertiary/aromatic N) is 1. The summed E-state index contributed by atoms with van der Waals surface area (Å²) in [4.78, 5) is 25.5. The molecule has 6 heteroatoms. The number of benzene rings is 1. The van der Waals surface area contributed by atoms with E-state index in [0.717, 1.165) is 30.7 Å². The van der Waals surface area contributed by atoms with Crippen LogP contribution >= 0.6 is 0 Å². The van der Waals surface area contributed by atoms with E-state index < -0.39 is 0 Å². The minimum absolute atomic E-state index is 0.0103. The largest absolute Gasteiger partial charge is 0.497 e. The molecule has 0 spiro atoms. The highest BCUT2D eigenvalue weighted by molar-refractivity contribution is 5.90. The Morgan fingerprint density at radius 3 is 2.71 bits per heavy atom. The first-order valence-electron chi connectivity index (χ1n) is 8.48. The third-order valence-corrected chi connectivity index (χ3v) is 4.27. The number of amides is 2. The van der Waals surface area contributed by atoms with E-state index in [1.807, 2.05) is 25.1 Å². The fourth-order valence-electron chi connectivity index (χ4n) is 2.88. The Morgan fingerprint density at radius 2 is 2.04 bits per heavy atom. The molecular formula is C18H26N2O4. The van der Waals surface area contributed by atoms with Crippen molar-refractivity contribution in [3.8, 4) is 5.75 Å². The van der Waals surface area contributed by atoms with Gasteiger partial charge in [-0.1, -0.05) is 6.07 Å². The molecule has 1 saturated heterocycles. The Bertz CT molecular complexity index is 554. The molecule has 0 aliphatic carbocycles. The molecule has 2 rings (SSSR count). The summed E-state index contributed by atoms with van der Waals surface area (Å²) in [6, 6.07) is 7.33. The SMILES string of the molecule is CCOC(=O)N1CCC(CCC(=O)Nc2cccc(OC)c2)CC1. The number of carbonyl (C=O) groups is 2. The highest BCUT2D eigenvalue weighted by Crippen LogP contribution is 2.23. The van der Waals surface area contributed by atoms with Crippen LogP contribution in [0.2, 0.25) is 0 Å². The summed E-state index contributed by atoms with van der Waals surface area (Å²) in [5.41, 5.74) is 0.747. The lowest BCUT2D eigenvalue weighted by Crippen LogP contribution is -2.39. The van der Waals surface area contributed by atoms with Crippen molar-refractivity contribution < 1.29 is 19.1 Å². The molecular weight excluding hydrogens is 308 g/mol. The normalized spacial score (nSPS) is 15.0. The average Bonchev–Trinajstić information content (AvgIpc) is 2.61. The van der Waals surface area contributed by atoms with E-state index in [4.69, 9.17) is 9.47 Å². The number of carbonyl (C=O) groups excluding carboxylic acids is 2.